The fraction of sp³-hybridized carbons (Fsp3) is 0.333. The number of amides is 2. The Bertz CT molecular complexity index is 1690. The fourth-order valence-corrected chi connectivity index (χ4v) is 7.13. The van der Waals surface area contributed by atoms with Gasteiger partial charge in [-0.2, -0.15) is 0 Å². The number of carbonyl (C=O) groups excluding carboxylic acids is 1. The van der Waals surface area contributed by atoms with E-state index in [1.54, 1.807) is 48.8 Å². The highest BCUT2D eigenvalue weighted by Crippen LogP contribution is 2.46. The minimum atomic E-state index is -1.07. The fourth-order valence-electron chi connectivity index (χ4n) is 6.56. The normalized spacial score (nSPS) is 21.0. The van der Waals surface area contributed by atoms with Gasteiger partial charge in [0.1, 0.15) is 11.5 Å². The quantitative estimate of drug-likeness (QED) is 0.202. The van der Waals surface area contributed by atoms with Crippen LogP contribution in [0.1, 0.15) is 66.1 Å². The third kappa shape index (κ3) is 5.67. The number of pyridine rings is 1. The maximum atomic E-state index is 13.6. The number of halogens is 2. The molecule has 7 rings (SSSR count). The number of nitrogens with one attached hydrogen (secondary N) is 1. The maximum absolute atomic E-state index is 13.6. The first kappa shape index (κ1) is 28.8. The van der Waals surface area contributed by atoms with Crippen molar-refractivity contribution in [1.29, 1.82) is 0 Å². The number of hydrogen-bond donors (Lipinski definition) is 2. The molecule has 3 fully saturated rings. The molecule has 2 N–H and O–H groups in total. The van der Waals surface area contributed by atoms with Gasteiger partial charge in [0, 0.05) is 52.8 Å². The highest BCUT2D eigenvalue weighted by atomic mass is 35.5. The van der Waals surface area contributed by atoms with Gasteiger partial charge in [-0.05, 0) is 80.5 Å². The van der Waals surface area contributed by atoms with Crippen molar-refractivity contribution in [3.63, 3.8) is 0 Å². The number of anilines is 1. The van der Waals surface area contributed by atoms with Gasteiger partial charge in [-0.25, -0.2) is 9.59 Å². The Morgan fingerprint density at radius 2 is 1.75 bits per heavy atom. The van der Waals surface area contributed by atoms with E-state index in [1.165, 1.54) is 6.07 Å². The SMILES string of the molecule is O=C(O)c1cc(NC(=O)N2C3CC[C@H]2CC(OCc2c(-c4c(Cl)cccc4Cl)noc2C2CC2)C3)cc(-c2cccnc2)c1. The molecule has 2 aliphatic heterocycles. The molecule has 9 nitrogen and oxygen atoms in total. The second-order valence-corrected chi connectivity index (χ2v) is 12.5. The van der Waals surface area contributed by atoms with Crippen LogP contribution < -0.4 is 5.32 Å². The Balaban J connectivity index is 1.05. The molecule has 1 aliphatic carbocycles. The minimum Gasteiger partial charge on any atom is -0.478 e. The molecule has 0 spiro atoms. The zero-order chi connectivity index (χ0) is 30.4. The molecular weight excluding hydrogens is 603 g/mol. The molecule has 0 radical (unpaired) electrons. The molecule has 226 valence electrons. The highest BCUT2D eigenvalue weighted by molar-refractivity contribution is 6.39. The van der Waals surface area contributed by atoms with Crippen LogP contribution in [0.4, 0.5) is 10.5 Å². The van der Waals surface area contributed by atoms with Crippen molar-refractivity contribution < 1.29 is 24.0 Å². The number of urea groups is 1. The Morgan fingerprint density at radius 1 is 1.00 bits per heavy atom. The molecule has 2 unspecified atom stereocenters. The van der Waals surface area contributed by atoms with E-state index in [0.29, 0.717) is 57.9 Å². The predicted octanol–water partition coefficient (Wildman–Crippen LogP) is 8.03. The third-order valence-corrected chi connectivity index (χ3v) is 9.41. The van der Waals surface area contributed by atoms with Gasteiger partial charge in [-0.1, -0.05) is 40.5 Å². The predicted molar refractivity (Wildman–Crippen MR) is 166 cm³/mol. The van der Waals surface area contributed by atoms with Crippen molar-refractivity contribution in [3.05, 3.63) is 87.9 Å². The van der Waals surface area contributed by atoms with E-state index < -0.39 is 5.97 Å². The molecule has 2 bridgehead atoms. The number of nitrogens with zero attached hydrogens (tertiary/aromatic N) is 3. The summed E-state index contributed by atoms with van der Waals surface area (Å²) in [6.07, 6.45) is 8.55. The number of aromatic nitrogens is 2. The Labute approximate surface area is 264 Å². The lowest BCUT2D eigenvalue weighted by Gasteiger charge is -2.38. The van der Waals surface area contributed by atoms with E-state index in [4.69, 9.17) is 32.5 Å². The average Bonchev–Trinajstić information content (AvgIpc) is 3.72. The number of benzene rings is 2. The van der Waals surface area contributed by atoms with Crippen molar-refractivity contribution in [3.8, 4) is 22.4 Å². The molecule has 44 heavy (non-hydrogen) atoms. The van der Waals surface area contributed by atoms with Gasteiger partial charge >= 0.3 is 12.0 Å². The smallest absolute Gasteiger partial charge is 0.335 e. The average molecular weight is 634 g/mol. The van der Waals surface area contributed by atoms with Crippen LogP contribution in [0.15, 0.2) is 65.4 Å². The zero-order valence-electron chi connectivity index (χ0n) is 23.7. The second-order valence-electron chi connectivity index (χ2n) is 11.7. The number of rotatable bonds is 8. The lowest BCUT2D eigenvalue weighted by atomic mass is 9.99. The van der Waals surface area contributed by atoms with Gasteiger partial charge in [0.25, 0.3) is 0 Å². The van der Waals surface area contributed by atoms with E-state index in [2.05, 4.69) is 15.5 Å². The van der Waals surface area contributed by atoms with Crippen molar-refractivity contribution in [2.75, 3.05) is 5.32 Å². The lowest BCUT2D eigenvalue weighted by Crippen LogP contribution is -2.50. The number of carboxylic acids is 1. The van der Waals surface area contributed by atoms with Crippen molar-refractivity contribution in [1.82, 2.24) is 15.0 Å². The molecule has 4 aromatic rings. The molecule has 3 atom stereocenters. The van der Waals surface area contributed by atoms with Crippen molar-refractivity contribution in [2.24, 2.45) is 0 Å². The molecule has 2 aromatic heterocycles. The minimum absolute atomic E-state index is 0.0158. The van der Waals surface area contributed by atoms with Crippen LogP contribution in [-0.2, 0) is 11.3 Å². The summed E-state index contributed by atoms with van der Waals surface area (Å²) < 4.78 is 12.3. The van der Waals surface area contributed by atoms with Gasteiger partial charge in [0.05, 0.1) is 28.3 Å². The monoisotopic (exact) mass is 632 g/mol. The molecule has 11 heteroatoms. The zero-order valence-corrected chi connectivity index (χ0v) is 25.2. The number of carbonyl (C=O) groups is 2. The van der Waals surface area contributed by atoms with E-state index in [-0.39, 0.29) is 29.8 Å². The number of hydrogen-bond acceptors (Lipinski definition) is 6. The number of aromatic carboxylic acids is 1. The van der Waals surface area contributed by atoms with Crippen LogP contribution in [0, 0.1) is 0 Å². The van der Waals surface area contributed by atoms with Crippen LogP contribution in [-0.4, -0.2) is 50.3 Å². The van der Waals surface area contributed by atoms with Crippen LogP contribution >= 0.6 is 23.2 Å². The van der Waals surface area contributed by atoms with Crippen LogP contribution in [0.3, 0.4) is 0 Å². The molecule has 2 saturated heterocycles. The van der Waals surface area contributed by atoms with Crippen molar-refractivity contribution >= 4 is 40.9 Å². The number of fused-ring (bicyclic) bond motifs is 2. The van der Waals surface area contributed by atoms with Crippen LogP contribution in [0.2, 0.25) is 10.0 Å². The Hall–Kier alpha value is -3.92. The number of ether oxygens (including phenoxy) is 1. The van der Waals surface area contributed by atoms with Gasteiger partial charge in [0.2, 0.25) is 0 Å². The molecular formula is C33H30Cl2N4O5. The van der Waals surface area contributed by atoms with E-state index in [1.807, 2.05) is 11.0 Å². The summed E-state index contributed by atoms with van der Waals surface area (Å²) in [5.41, 5.74) is 4.11. The summed E-state index contributed by atoms with van der Waals surface area (Å²) in [5.74, 6) is 0.100. The lowest BCUT2D eigenvalue weighted by molar-refractivity contribution is -0.0158. The molecule has 2 amide bonds. The van der Waals surface area contributed by atoms with Gasteiger partial charge in [-0.15, -0.1) is 0 Å². The first-order valence-electron chi connectivity index (χ1n) is 14.8. The molecule has 3 aliphatic rings. The van der Waals surface area contributed by atoms with Gasteiger partial charge < -0.3 is 24.6 Å². The largest absolute Gasteiger partial charge is 0.478 e. The van der Waals surface area contributed by atoms with Crippen molar-refractivity contribution in [2.45, 2.75) is 69.2 Å². The summed E-state index contributed by atoms with van der Waals surface area (Å²) in [4.78, 5) is 31.4. The first-order chi connectivity index (χ1) is 21.4. The van der Waals surface area contributed by atoms with Gasteiger partial charge in [-0.3, -0.25) is 4.98 Å². The molecule has 2 aromatic carbocycles. The third-order valence-electron chi connectivity index (χ3n) is 8.78. The topological polar surface area (TPSA) is 118 Å². The summed E-state index contributed by atoms with van der Waals surface area (Å²) >= 11 is 13.0. The highest BCUT2D eigenvalue weighted by Gasteiger charge is 2.44. The summed E-state index contributed by atoms with van der Waals surface area (Å²) in [5, 5.41) is 18.0. The standard InChI is InChI=1S/C33H30Cl2N4O5/c34-27-4-1-5-28(35)29(27)30-26(31(44-38-30)18-6-7-18)17-43-25-14-23-8-9-24(15-25)39(23)33(42)37-22-12-20(11-21(13-22)32(40)41)19-3-2-10-36-16-19/h1-5,10-13,16,18,23-25H,6-9,14-15,17H2,(H,37,42)(H,40,41)/t23-,24?,25?/m0/s1. The molecule has 1 saturated carbocycles. The summed E-state index contributed by atoms with van der Waals surface area (Å²) in [7, 11) is 0. The van der Waals surface area contributed by atoms with Crippen LogP contribution in [0.5, 0.6) is 0 Å². The van der Waals surface area contributed by atoms with Gasteiger partial charge in [0.15, 0.2) is 0 Å². The Kier molecular flexibility index (Phi) is 7.78. The van der Waals surface area contributed by atoms with Crippen LogP contribution in [0.25, 0.3) is 22.4 Å². The number of carboxylic acid groups (broad SMARTS) is 1. The maximum Gasteiger partial charge on any atom is 0.335 e. The van der Waals surface area contributed by atoms with E-state index in [0.717, 1.165) is 42.6 Å². The Morgan fingerprint density at radius 3 is 2.41 bits per heavy atom. The first-order valence-corrected chi connectivity index (χ1v) is 15.5. The number of piperidine rings is 1. The van der Waals surface area contributed by atoms with E-state index >= 15 is 0 Å². The summed E-state index contributed by atoms with van der Waals surface area (Å²) in [6, 6.07) is 13.6. The molecule has 4 heterocycles. The second kappa shape index (κ2) is 11.9. The summed E-state index contributed by atoms with van der Waals surface area (Å²) in [6.45, 7) is 0.321. The van der Waals surface area contributed by atoms with E-state index in [9.17, 15) is 14.7 Å².